The first-order valence-corrected chi connectivity index (χ1v) is 9.95. The van der Waals surface area contributed by atoms with Crippen LogP contribution in [0.25, 0.3) is 0 Å². The molecule has 0 bridgehead atoms. The third-order valence-corrected chi connectivity index (χ3v) is 6.06. The number of halogens is 1. The van der Waals surface area contributed by atoms with E-state index in [1.807, 2.05) is 6.07 Å². The van der Waals surface area contributed by atoms with Gasteiger partial charge in [-0.1, -0.05) is 24.3 Å². The molecule has 0 amide bonds. The monoisotopic (exact) mass is 387 g/mol. The molecule has 0 unspecified atom stereocenters. The molecule has 8 heteroatoms. The largest absolute Gasteiger partial charge is 0.248 e. The van der Waals surface area contributed by atoms with Crippen LogP contribution in [0.1, 0.15) is 21.0 Å². The maximum Gasteiger partial charge on any atom is 0.242 e. The number of hydrogen-bond acceptors (Lipinski definition) is 5. The highest BCUT2D eigenvalue weighted by atomic mass is 32.2. The molecule has 0 atom stereocenters. The highest BCUT2D eigenvalue weighted by Gasteiger charge is 2.18. The van der Waals surface area contributed by atoms with Crippen molar-refractivity contribution >= 4 is 21.4 Å². The van der Waals surface area contributed by atoms with Crippen LogP contribution in [-0.2, 0) is 23.0 Å². The summed E-state index contributed by atoms with van der Waals surface area (Å²) in [5, 5.41) is 9.66. The molecule has 0 saturated heterocycles. The average Bonchev–Trinajstić information content (AvgIpc) is 3.09. The lowest BCUT2D eigenvalue weighted by Crippen LogP contribution is -2.24. The fraction of sp³-hybridized carbons (Fsp3) is 0.111. The van der Waals surface area contributed by atoms with E-state index in [9.17, 15) is 12.8 Å². The van der Waals surface area contributed by atoms with Crippen molar-refractivity contribution in [3.05, 3.63) is 81.6 Å². The number of sulfonamides is 1. The van der Waals surface area contributed by atoms with Gasteiger partial charge in [-0.25, -0.2) is 22.5 Å². The van der Waals surface area contributed by atoms with Crippen molar-refractivity contribution in [2.75, 3.05) is 0 Å². The average molecular weight is 387 g/mol. The van der Waals surface area contributed by atoms with Crippen LogP contribution < -0.4 is 4.72 Å². The molecule has 3 aromatic rings. The molecular formula is C18H14FN3O2S2. The molecule has 5 nitrogen and oxygen atoms in total. The lowest BCUT2D eigenvalue weighted by atomic mass is 10.1. The van der Waals surface area contributed by atoms with Gasteiger partial charge in [0, 0.05) is 17.5 Å². The number of nitrogens with one attached hydrogen (secondary N) is 1. The number of nitriles is 1. The van der Waals surface area contributed by atoms with Crippen molar-refractivity contribution in [3.63, 3.8) is 0 Å². The molecule has 0 saturated carbocycles. The van der Waals surface area contributed by atoms with E-state index in [4.69, 9.17) is 5.26 Å². The Bertz CT molecular complexity index is 1050. The zero-order chi connectivity index (χ0) is 18.6. The van der Waals surface area contributed by atoms with Gasteiger partial charge in [0.2, 0.25) is 10.0 Å². The first kappa shape index (κ1) is 18.2. The summed E-state index contributed by atoms with van der Waals surface area (Å²) in [7, 11) is -3.80. The molecule has 0 aliphatic carbocycles. The minimum atomic E-state index is -3.80. The van der Waals surface area contributed by atoms with Gasteiger partial charge in [0.15, 0.2) is 0 Å². The van der Waals surface area contributed by atoms with Gasteiger partial charge in [-0.2, -0.15) is 5.26 Å². The summed E-state index contributed by atoms with van der Waals surface area (Å²) < 4.78 is 40.2. The van der Waals surface area contributed by atoms with Crippen LogP contribution in [0, 0.1) is 17.1 Å². The number of hydrogen-bond donors (Lipinski definition) is 1. The van der Waals surface area contributed by atoms with Crippen molar-refractivity contribution in [1.29, 1.82) is 5.26 Å². The van der Waals surface area contributed by atoms with Crippen molar-refractivity contribution in [2.24, 2.45) is 0 Å². The van der Waals surface area contributed by atoms with Gasteiger partial charge in [0.1, 0.15) is 16.9 Å². The fourth-order valence-electron chi connectivity index (χ4n) is 2.34. The zero-order valence-electron chi connectivity index (χ0n) is 13.5. The van der Waals surface area contributed by atoms with Crippen molar-refractivity contribution in [1.82, 2.24) is 9.71 Å². The Hall–Kier alpha value is -2.60. The molecule has 1 heterocycles. The Balaban J connectivity index is 1.68. The first-order valence-electron chi connectivity index (χ1n) is 7.65. The molecule has 132 valence electrons. The Morgan fingerprint density at radius 3 is 2.62 bits per heavy atom. The van der Waals surface area contributed by atoms with Gasteiger partial charge in [-0.05, 0) is 29.8 Å². The molecule has 0 radical (unpaired) electrons. The van der Waals surface area contributed by atoms with Gasteiger partial charge >= 0.3 is 0 Å². The minimum Gasteiger partial charge on any atom is -0.248 e. The smallest absolute Gasteiger partial charge is 0.242 e. The van der Waals surface area contributed by atoms with Crippen LogP contribution in [-0.4, -0.2) is 13.4 Å². The predicted octanol–water partition coefficient (Wildman–Crippen LogP) is 3.22. The zero-order valence-corrected chi connectivity index (χ0v) is 15.1. The second-order valence-electron chi connectivity index (χ2n) is 5.46. The highest BCUT2D eigenvalue weighted by molar-refractivity contribution is 7.89. The number of nitrogens with zero attached hydrogens (tertiary/aromatic N) is 2. The summed E-state index contributed by atoms with van der Waals surface area (Å²) in [5.74, 6) is -0.286. The van der Waals surface area contributed by atoms with E-state index in [1.54, 1.807) is 30.5 Å². The van der Waals surface area contributed by atoms with E-state index in [0.29, 0.717) is 11.4 Å². The van der Waals surface area contributed by atoms with Crippen LogP contribution in [0.15, 0.2) is 59.6 Å². The summed E-state index contributed by atoms with van der Waals surface area (Å²) in [6, 6.07) is 14.1. The number of rotatable bonds is 6. The van der Waals surface area contributed by atoms with E-state index < -0.39 is 10.0 Å². The molecule has 0 aliphatic rings. The van der Waals surface area contributed by atoms with Crippen LogP contribution in [0.2, 0.25) is 0 Å². The van der Waals surface area contributed by atoms with E-state index in [0.717, 1.165) is 10.4 Å². The van der Waals surface area contributed by atoms with Gasteiger partial charge in [0.25, 0.3) is 0 Å². The highest BCUT2D eigenvalue weighted by Crippen LogP contribution is 2.19. The molecule has 1 N–H and O–H groups in total. The van der Waals surface area contributed by atoms with Crippen molar-refractivity contribution in [2.45, 2.75) is 17.9 Å². The number of benzene rings is 2. The summed E-state index contributed by atoms with van der Waals surface area (Å²) in [6.45, 7) is 0.0379. The topological polar surface area (TPSA) is 82.8 Å². The van der Waals surface area contributed by atoms with Crippen LogP contribution in [0.3, 0.4) is 0 Å². The minimum absolute atomic E-state index is 0.0379. The van der Waals surface area contributed by atoms with Crippen LogP contribution in [0.5, 0.6) is 0 Å². The van der Waals surface area contributed by atoms with Gasteiger partial charge in [-0.3, -0.25) is 0 Å². The SMILES string of the molecule is N#Cc1ccccc1S(=O)(=O)NCc1ncc(Cc2ccc(F)cc2)s1. The molecule has 3 rings (SSSR count). The quantitative estimate of drug-likeness (QED) is 0.704. The standard InChI is InChI=1S/C18H14FN3O2S2/c19-15-7-5-13(6-8-15)9-16-11-21-18(25-16)12-22-26(23,24)17-4-2-1-3-14(17)10-20/h1-8,11,22H,9,12H2. The predicted molar refractivity (Wildman–Crippen MR) is 96.5 cm³/mol. The third-order valence-electron chi connectivity index (χ3n) is 3.60. The summed E-state index contributed by atoms with van der Waals surface area (Å²) in [5.41, 5.74) is 1.04. The number of aromatic nitrogens is 1. The second-order valence-corrected chi connectivity index (χ2v) is 8.39. The van der Waals surface area contributed by atoms with E-state index >= 15 is 0 Å². The van der Waals surface area contributed by atoms with Gasteiger partial charge in [-0.15, -0.1) is 11.3 Å². The van der Waals surface area contributed by atoms with Crippen LogP contribution in [0.4, 0.5) is 4.39 Å². The fourth-order valence-corrected chi connectivity index (χ4v) is 4.47. The third kappa shape index (κ3) is 4.32. The Labute approximate surface area is 154 Å². The molecule has 1 aromatic heterocycles. The summed E-state index contributed by atoms with van der Waals surface area (Å²) in [4.78, 5) is 5.12. The Kier molecular flexibility index (Phi) is 5.42. The maximum atomic E-state index is 12.9. The lowest BCUT2D eigenvalue weighted by Gasteiger charge is -2.06. The van der Waals surface area contributed by atoms with Crippen molar-refractivity contribution in [3.8, 4) is 6.07 Å². The summed E-state index contributed by atoms with van der Waals surface area (Å²) >= 11 is 1.38. The summed E-state index contributed by atoms with van der Waals surface area (Å²) in [6.07, 6.45) is 2.28. The maximum absolute atomic E-state index is 12.9. The molecular weight excluding hydrogens is 373 g/mol. The molecule has 0 aliphatic heterocycles. The Morgan fingerprint density at radius 1 is 1.15 bits per heavy atom. The second kappa shape index (κ2) is 7.74. The van der Waals surface area contributed by atoms with E-state index in [2.05, 4.69) is 9.71 Å². The van der Waals surface area contributed by atoms with Crippen LogP contribution >= 0.6 is 11.3 Å². The normalized spacial score (nSPS) is 11.2. The number of thiazole rings is 1. The molecule has 2 aromatic carbocycles. The molecule has 0 spiro atoms. The molecule has 26 heavy (non-hydrogen) atoms. The van der Waals surface area contributed by atoms with Gasteiger partial charge in [0.05, 0.1) is 17.0 Å². The van der Waals surface area contributed by atoms with Crippen molar-refractivity contribution < 1.29 is 12.8 Å². The van der Waals surface area contributed by atoms with E-state index in [-0.39, 0.29) is 22.8 Å². The molecule has 0 fully saturated rings. The van der Waals surface area contributed by atoms with Gasteiger partial charge < -0.3 is 0 Å². The first-order chi connectivity index (χ1) is 12.5. The van der Waals surface area contributed by atoms with E-state index in [1.165, 1.54) is 35.6 Å². The Morgan fingerprint density at radius 2 is 1.88 bits per heavy atom. The lowest BCUT2D eigenvalue weighted by molar-refractivity contribution is 0.581.